The van der Waals surface area contributed by atoms with Crippen molar-refractivity contribution in [2.75, 3.05) is 7.11 Å². The van der Waals surface area contributed by atoms with E-state index in [-0.39, 0.29) is 24.0 Å². The zero-order valence-corrected chi connectivity index (χ0v) is 13.8. The highest BCUT2D eigenvalue weighted by Gasteiger charge is 2.35. The zero-order valence-electron chi connectivity index (χ0n) is 12.9. The SMILES string of the molecule is COc1ccc(C(NC(=O)Cc2ccsc2)C2CC(O)C2)cn1. The topological polar surface area (TPSA) is 71.5 Å². The summed E-state index contributed by atoms with van der Waals surface area (Å²) < 4.78 is 5.08. The van der Waals surface area contributed by atoms with Crippen molar-refractivity contribution in [2.45, 2.75) is 31.4 Å². The highest BCUT2D eigenvalue weighted by Crippen LogP contribution is 2.38. The van der Waals surface area contributed by atoms with E-state index in [1.54, 1.807) is 30.7 Å². The van der Waals surface area contributed by atoms with E-state index in [9.17, 15) is 9.90 Å². The van der Waals surface area contributed by atoms with Gasteiger partial charge in [0.15, 0.2) is 0 Å². The molecule has 0 saturated heterocycles. The number of hydrogen-bond donors (Lipinski definition) is 2. The molecule has 2 aromatic rings. The summed E-state index contributed by atoms with van der Waals surface area (Å²) in [6.45, 7) is 0. The number of aromatic nitrogens is 1. The van der Waals surface area contributed by atoms with Crippen molar-refractivity contribution >= 4 is 17.2 Å². The van der Waals surface area contributed by atoms with E-state index in [0.717, 1.165) is 11.1 Å². The lowest BCUT2D eigenvalue weighted by atomic mass is 9.75. The molecule has 0 bridgehead atoms. The summed E-state index contributed by atoms with van der Waals surface area (Å²) in [6, 6.07) is 5.55. The molecule has 1 atom stereocenters. The first-order chi connectivity index (χ1) is 11.2. The van der Waals surface area contributed by atoms with Crippen LogP contribution in [0.3, 0.4) is 0 Å². The van der Waals surface area contributed by atoms with Crippen LogP contribution in [0.25, 0.3) is 0 Å². The number of pyridine rings is 1. The number of carbonyl (C=O) groups is 1. The summed E-state index contributed by atoms with van der Waals surface area (Å²) in [5.74, 6) is 0.781. The van der Waals surface area contributed by atoms with Gasteiger partial charge in [-0.1, -0.05) is 6.07 Å². The minimum atomic E-state index is -0.262. The minimum absolute atomic E-state index is 0.00870. The number of ether oxygens (including phenoxy) is 1. The second-order valence-corrected chi connectivity index (χ2v) is 6.65. The number of aliphatic hydroxyl groups excluding tert-OH is 1. The predicted molar refractivity (Wildman–Crippen MR) is 88.4 cm³/mol. The van der Waals surface area contributed by atoms with Gasteiger partial charge in [0.25, 0.3) is 0 Å². The average Bonchev–Trinajstić information content (AvgIpc) is 3.03. The van der Waals surface area contributed by atoms with E-state index < -0.39 is 0 Å². The smallest absolute Gasteiger partial charge is 0.224 e. The Kier molecular flexibility index (Phi) is 4.93. The Labute approximate surface area is 139 Å². The summed E-state index contributed by atoms with van der Waals surface area (Å²) in [6.07, 6.45) is 3.26. The fraction of sp³-hybridized carbons (Fsp3) is 0.412. The molecule has 2 heterocycles. The van der Waals surface area contributed by atoms with E-state index >= 15 is 0 Å². The summed E-state index contributed by atoms with van der Waals surface area (Å²) in [5, 5.41) is 16.6. The fourth-order valence-electron chi connectivity index (χ4n) is 2.87. The van der Waals surface area contributed by atoms with E-state index in [4.69, 9.17) is 4.74 Å². The molecule has 0 spiro atoms. The Hall–Kier alpha value is -1.92. The molecule has 1 saturated carbocycles. The first kappa shape index (κ1) is 16.0. The Bertz CT molecular complexity index is 636. The molecule has 0 aromatic carbocycles. The van der Waals surface area contributed by atoms with E-state index in [1.165, 1.54) is 0 Å². The first-order valence-corrected chi connectivity index (χ1v) is 8.58. The molecule has 5 nitrogen and oxygen atoms in total. The van der Waals surface area contributed by atoms with Crippen LogP contribution in [-0.4, -0.2) is 29.2 Å². The van der Waals surface area contributed by atoms with Crippen molar-refractivity contribution in [2.24, 2.45) is 5.92 Å². The maximum absolute atomic E-state index is 12.3. The maximum atomic E-state index is 12.3. The monoisotopic (exact) mass is 332 g/mol. The third-order valence-corrected chi connectivity index (χ3v) is 4.94. The van der Waals surface area contributed by atoms with Crippen LogP contribution in [0.4, 0.5) is 0 Å². The van der Waals surface area contributed by atoms with Gasteiger partial charge in [-0.3, -0.25) is 4.79 Å². The van der Waals surface area contributed by atoms with Crippen LogP contribution < -0.4 is 10.1 Å². The zero-order chi connectivity index (χ0) is 16.2. The number of amides is 1. The van der Waals surface area contributed by atoms with Crippen molar-refractivity contribution in [3.8, 4) is 5.88 Å². The van der Waals surface area contributed by atoms with Crippen LogP contribution in [0.15, 0.2) is 35.2 Å². The lowest BCUT2D eigenvalue weighted by Crippen LogP contribution is -2.41. The largest absolute Gasteiger partial charge is 0.481 e. The summed E-state index contributed by atoms with van der Waals surface area (Å²) in [4.78, 5) is 16.6. The van der Waals surface area contributed by atoms with Crippen LogP contribution in [0.1, 0.15) is 30.0 Å². The van der Waals surface area contributed by atoms with Crippen molar-refractivity contribution in [1.82, 2.24) is 10.3 Å². The lowest BCUT2D eigenvalue weighted by molar-refractivity contribution is -0.122. The van der Waals surface area contributed by atoms with Gasteiger partial charge >= 0.3 is 0 Å². The highest BCUT2D eigenvalue weighted by molar-refractivity contribution is 7.07. The second kappa shape index (κ2) is 7.10. The predicted octanol–water partition coefficient (Wildman–Crippen LogP) is 2.32. The fourth-order valence-corrected chi connectivity index (χ4v) is 3.54. The molecule has 3 rings (SSSR count). The number of nitrogens with one attached hydrogen (secondary N) is 1. The Morgan fingerprint density at radius 2 is 2.30 bits per heavy atom. The highest BCUT2D eigenvalue weighted by atomic mass is 32.1. The number of aliphatic hydroxyl groups is 1. The quantitative estimate of drug-likeness (QED) is 0.852. The van der Waals surface area contributed by atoms with Gasteiger partial charge in [0.2, 0.25) is 11.8 Å². The average molecular weight is 332 g/mol. The van der Waals surface area contributed by atoms with Gasteiger partial charge in [0, 0.05) is 12.3 Å². The molecule has 1 amide bonds. The van der Waals surface area contributed by atoms with Crippen LogP contribution in [0, 0.1) is 5.92 Å². The molecule has 1 unspecified atom stereocenters. The van der Waals surface area contributed by atoms with Crippen molar-refractivity contribution < 1.29 is 14.6 Å². The number of carbonyl (C=O) groups excluding carboxylic acids is 1. The molecule has 0 aliphatic heterocycles. The standard InChI is InChI=1S/C17H20N2O3S/c1-22-16-3-2-12(9-18-16)17(13-7-14(20)8-13)19-15(21)6-11-4-5-23-10-11/h2-5,9-10,13-14,17,20H,6-8H2,1H3,(H,19,21). The van der Waals surface area contributed by atoms with Gasteiger partial charge in [0.1, 0.15) is 0 Å². The van der Waals surface area contributed by atoms with Crippen LogP contribution in [-0.2, 0) is 11.2 Å². The second-order valence-electron chi connectivity index (χ2n) is 5.87. The minimum Gasteiger partial charge on any atom is -0.481 e. The Morgan fingerprint density at radius 3 is 2.87 bits per heavy atom. The third kappa shape index (κ3) is 3.89. The third-order valence-electron chi connectivity index (χ3n) is 4.21. The Morgan fingerprint density at radius 1 is 1.48 bits per heavy atom. The molecule has 1 aliphatic carbocycles. The summed E-state index contributed by atoms with van der Waals surface area (Å²) in [7, 11) is 1.57. The van der Waals surface area contributed by atoms with Crippen LogP contribution in [0.5, 0.6) is 5.88 Å². The summed E-state index contributed by atoms with van der Waals surface area (Å²) in [5.41, 5.74) is 1.97. The molecule has 0 radical (unpaired) electrons. The normalized spacial score (nSPS) is 21.3. The molecule has 1 fully saturated rings. The van der Waals surface area contributed by atoms with Crippen molar-refractivity contribution in [1.29, 1.82) is 0 Å². The van der Waals surface area contributed by atoms with Crippen LogP contribution in [0.2, 0.25) is 0 Å². The molecular weight excluding hydrogens is 312 g/mol. The number of methoxy groups -OCH3 is 1. The lowest BCUT2D eigenvalue weighted by Gasteiger charge is -2.38. The molecule has 122 valence electrons. The van der Waals surface area contributed by atoms with Gasteiger partial charge in [-0.05, 0) is 46.7 Å². The van der Waals surface area contributed by atoms with E-state index in [1.807, 2.05) is 22.9 Å². The van der Waals surface area contributed by atoms with Gasteiger partial charge < -0.3 is 15.2 Å². The molecule has 2 N–H and O–H groups in total. The van der Waals surface area contributed by atoms with Crippen molar-refractivity contribution in [3.05, 3.63) is 46.3 Å². The summed E-state index contributed by atoms with van der Waals surface area (Å²) >= 11 is 1.59. The number of rotatable bonds is 6. The number of hydrogen-bond acceptors (Lipinski definition) is 5. The maximum Gasteiger partial charge on any atom is 0.224 e. The van der Waals surface area contributed by atoms with Gasteiger partial charge in [-0.15, -0.1) is 0 Å². The Balaban J connectivity index is 1.71. The molecular formula is C17H20N2O3S. The number of thiophene rings is 1. The molecule has 2 aromatic heterocycles. The van der Waals surface area contributed by atoms with Crippen molar-refractivity contribution in [3.63, 3.8) is 0 Å². The molecule has 6 heteroatoms. The molecule has 1 aliphatic rings. The van der Waals surface area contributed by atoms with Crippen LogP contribution >= 0.6 is 11.3 Å². The molecule has 23 heavy (non-hydrogen) atoms. The first-order valence-electron chi connectivity index (χ1n) is 7.64. The number of nitrogens with zero attached hydrogens (tertiary/aromatic N) is 1. The van der Waals surface area contributed by atoms with Gasteiger partial charge in [0.05, 0.1) is 25.7 Å². The van der Waals surface area contributed by atoms with Gasteiger partial charge in [-0.25, -0.2) is 4.98 Å². The van der Waals surface area contributed by atoms with E-state index in [2.05, 4.69) is 10.3 Å². The van der Waals surface area contributed by atoms with Gasteiger partial charge in [-0.2, -0.15) is 11.3 Å². The van der Waals surface area contributed by atoms with E-state index in [0.29, 0.717) is 25.1 Å².